The highest BCUT2D eigenvalue weighted by Crippen LogP contribution is 2.46. The van der Waals surface area contributed by atoms with Crippen molar-refractivity contribution < 1.29 is 18.8 Å². The van der Waals surface area contributed by atoms with Crippen molar-refractivity contribution in [3.05, 3.63) is 105 Å². The van der Waals surface area contributed by atoms with E-state index in [-0.39, 0.29) is 6.61 Å². The van der Waals surface area contributed by atoms with Gasteiger partial charge in [-0.25, -0.2) is 4.79 Å². The number of ether oxygens (including phenoxy) is 2. The molecule has 0 radical (unpaired) electrons. The minimum absolute atomic E-state index is 0.268. The Kier molecular flexibility index (Phi) is 6.99. The first-order chi connectivity index (χ1) is 17.5. The first-order valence-electron chi connectivity index (χ1n) is 11.4. The number of carbonyl (C=O) groups excluding carboxylic acids is 1. The average molecular weight is 518 g/mol. The van der Waals surface area contributed by atoms with E-state index in [1.807, 2.05) is 30.3 Å². The number of carbonyl (C=O) groups is 1. The smallest absolute Gasteiger partial charge is 0.339 e. The Labute approximate surface area is 218 Å². The number of aromatic nitrogens is 1. The second kappa shape index (κ2) is 10.5. The Balaban J connectivity index is 1.35. The van der Waals surface area contributed by atoms with Crippen LogP contribution in [0.3, 0.4) is 0 Å². The molecule has 1 heterocycles. The highest BCUT2D eigenvalue weighted by Gasteiger charge is 2.33. The molecule has 1 aliphatic carbocycles. The van der Waals surface area contributed by atoms with Gasteiger partial charge in [0.15, 0.2) is 0 Å². The van der Waals surface area contributed by atoms with Gasteiger partial charge >= 0.3 is 5.97 Å². The highest BCUT2D eigenvalue weighted by molar-refractivity contribution is 6.39. The zero-order chi connectivity index (χ0) is 25.1. The van der Waals surface area contributed by atoms with Gasteiger partial charge in [0.05, 0.1) is 28.3 Å². The first-order valence-corrected chi connectivity index (χ1v) is 12.2. The van der Waals surface area contributed by atoms with E-state index in [1.54, 1.807) is 36.4 Å². The number of halogens is 2. The average Bonchev–Trinajstić information content (AvgIpc) is 3.66. The molecule has 1 aromatic heterocycles. The van der Waals surface area contributed by atoms with Crippen molar-refractivity contribution in [3.63, 3.8) is 0 Å². The zero-order valence-electron chi connectivity index (χ0n) is 19.4. The Morgan fingerprint density at radius 2 is 1.72 bits per heavy atom. The normalized spacial score (nSPS) is 12.5. The Hall–Kier alpha value is -3.72. The third-order valence-electron chi connectivity index (χ3n) is 5.88. The van der Waals surface area contributed by atoms with E-state index in [9.17, 15) is 4.79 Å². The molecule has 0 atom stereocenters. The molecular weight excluding hydrogens is 497 g/mol. The Morgan fingerprint density at radius 3 is 2.42 bits per heavy atom. The van der Waals surface area contributed by atoms with Crippen LogP contribution >= 0.6 is 23.2 Å². The monoisotopic (exact) mass is 517 g/mol. The van der Waals surface area contributed by atoms with Gasteiger partial charge < -0.3 is 14.0 Å². The number of esters is 1. The fourth-order valence-corrected chi connectivity index (χ4v) is 4.43. The lowest BCUT2D eigenvalue weighted by Gasteiger charge is -2.09. The summed E-state index contributed by atoms with van der Waals surface area (Å²) in [6, 6.07) is 19.9. The van der Waals surface area contributed by atoms with Gasteiger partial charge in [-0.05, 0) is 61.4 Å². The molecule has 3 aromatic carbocycles. The zero-order valence-corrected chi connectivity index (χ0v) is 20.9. The molecule has 7 heteroatoms. The topological polar surface area (TPSA) is 61.6 Å². The van der Waals surface area contributed by atoms with E-state index in [4.69, 9.17) is 37.2 Å². The van der Waals surface area contributed by atoms with Crippen LogP contribution < -0.4 is 4.74 Å². The van der Waals surface area contributed by atoms with Crippen molar-refractivity contribution in [1.82, 2.24) is 5.16 Å². The second-order valence-electron chi connectivity index (χ2n) is 8.35. The van der Waals surface area contributed by atoms with Crippen molar-refractivity contribution in [2.75, 3.05) is 7.11 Å². The number of hydrogen-bond acceptors (Lipinski definition) is 5. The Bertz CT molecular complexity index is 1460. The van der Waals surface area contributed by atoms with Crippen molar-refractivity contribution >= 4 is 29.2 Å². The number of hydrogen-bond donors (Lipinski definition) is 0. The molecule has 0 unspecified atom stereocenters. The van der Waals surface area contributed by atoms with E-state index >= 15 is 0 Å². The number of benzene rings is 3. The molecule has 0 aliphatic heterocycles. The van der Waals surface area contributed by atoms with Crippen molar-refractivity contribution in [2.45, 2.75) is 25.4 Å². The number of rotatable bonds is 6. The van der Waals surface area contributed by atoms with Crippen LogP contribution in [0.1, 0.15) is 51.6 Å². The summed E-state index contributed by atoms with van der Waals surface area (Å²) in [6.07, 6.45) is 2.12. The van der Waals surface area contributed by atoms with Gasteiger partial charge in [0.1, 0.15) is 23.8 Å². The molecule has 4 aromatic rings. The molecule has 5 rings (SSSR count). The maximum Gasteiger partial charge on any atom is 0.339 e. The molecule has 36 heavy (non-hydrogen) atoms. The quantitative estimate of drug-likeness (QED) is 0.198. The third-order valence-corrected chi connectivity index (χ3v) is 6.51. The fourth-order valence-electron chi connectivity index (χ4n) is 3.86. The summed E-state index contributed by atoms with van der Waals surface area (Å²) in [7, 11) is 1.35. The van der Waals surface area contributed by atoms with E-state index < -0.39 is 5.97 Å². The van der Waals surface area contributed by atoms with E-state index in [0.29, 0.717) is 44.1 Å². The molecule has 1 fully saturated rings. The van der Waals surface area contributed by atoms with Crippen LogP contribution in [0.15, 0.2) is 71.3 Å². The number of methoxy groups -OCH3 is 1. The van der Waals surface area contributed by atoms with Gasteiger partial charge in [-0.2, -0.15) is 0 Å². The predicted octanol–water partition coefficient (Wildman–Crippen LogP) is 7.29. The highest BCUT2D eigenvalue weighted by atomic mass is 35.5. The summed E-state index contributed by atoms with van der Waals surface area (Å²) in [5.41, 5.74) is 3.94. The largest absolute Gasteiger partial charge is 0.489 e. The second-order valence-corrected chi connectivity index (χ2v) is 9.16. The van der Waals surface area contributed by atoms with Crippen LogP contribution in [-0.2, 0) is 11.3 Å². The summed E-state index contributed by atoms with van der Waals surface area (Å²) >= 11 is 12.9. The summed E-state index contributed by atoms with van der Waals surface area (Å²) in [6.45, 7) is 0.268. The van der Waals surface area contributed by atoms with Gasteiger partial charge in [0.2, 0.25) is 0 Å². The molecule has 0 spiro atoms. The van der Waals surface area contributed by atoms with Crippen LogP contribution in [0.25, 0.3) is 11.3 Å². The van der Waals surface area contributed by atoms with Crippen LogP contribution in [0.4, 0.5) is 0 Å². The molecule has 180 valence electrons. The summed E-state index contributed by atoms with van der Waals surface area (Å²) in [5, 5.41) is 5.32. The van der Waals surface area contributed by atoms with E-state index in [2.05, 4.69) is 17.0 Å². The van der Waals surface area contributed by atoms with Crippen LogP contribution in [0.5, 0.6) is 5.75 Å². The lowest BCUT2D eigenvalue weighted by atomic mass is 10.0. The minimum atomic E-state index is -0.416. The molecule has 1 saturated carbocycles. The maximum atomic E-state index is 11.9. The van der Waals surface area contributed by atoms with Crippen molar-refractivity contribution in [3.8, 4) is 28.8 Å². The standard InChI is InChI=1S/C29H21Cl2NO4/c1-34-29(33)22-6-3-2-5-19(22)12-9-18-10-15-21(16-11-18)35-17-23-27(32-36-28(23)20-13-14-20)26-24(30)7-4-8-25(26)31/h2-8,10-11,15-16,20H,13-14,17H2,1H3. The van der Waals surface area contributed by atoms with Crippen LogP contribution in [0.2, 0.25) is 10.0 Å². The molecule has 0 bridgehead atoms. The van der Waals surface area contributed by atoms with Gasteiger partial charge in [-0.1, -0.05) is 58.4 Å². The van der Waals surface area contributed by atoms with Gasteiger partial charge in [0, 0.05) is 22.6 Å². The molecular formula is C29H21Cl2NO4. The summed E-state index contributed by atoms with van der Waals surface area (Å²) < 4.78 is 16.6. The SMILES string of the molecule is COC(=O)c1ccccc1C#Cc1ccc(OCc2c(-c3c(Cl)cccc3Cl)noc2C2CC2)cc1. The fraction of sp³-hybridized carbons (Fsp3) is 0.172. The predicted molar refractivity (Wildman–Crippen MR) is 138 cm³/mol. The lowest BCUT2D eigenvalue weighted by molar-refractivity contribution is 0.0600. The molecule has 0 N–H and O–H groups in total. The van der Waals surface area contributed by atoms with Crippen LogP contribution in [-0.4, -0.2) is 18.2 Å². The van der Waals surface area contributed by atoms with E-state index in [1.165, 1.54) is 7.11 Å². The maximum absolute atomic E-state index is 11.9. The minimum Gasteiger partial charge on any atom is -0.489 e. The lowest BCUT2D eigenvalue weighted by Crippen LogP contribution is -2.03. The van der Waals surface area contributed by atoms with E-state index in [0.717, 1.165) is 29.7 Å². The molecule has 0 amide bonds. The van der Waals surface area contributed by atoms with Crippen LogP contribution in [0, 0.1) is 11.8 Å². The van der Waals surface area contributed by atoms with Gasteiger partial charge in [-0.15, -0.1) is 0 Å². The third kappa shape index (κ3) is 5.11. The number of nitrogens with zero attached hydrogens (tertiary/aromatic N) is 1. The first kappa shape index (κ1) is 24.0. The summed E-state index contributed by atoms with van der Waals surface area (Å²) in [5.74, 6) is 7.56. The van der Waals surface area contributed by atoms with Gasteiger partial charge in [-0.3, -0.25) is 0 Å². The van der Waals surface area contributed by atoms with Gasteiger partial charge in [0.25, 0.3) is 0 Å². The molecule has 0 saturated heterocycles. The molecule has 1 aliphatic rings. The molecule has 5 nitrogen and oxygen atoms in total. The van der Waals surface area contributed by atoms with Crippen molar-refractivity contribution in [2.24, 2.45) is 0 Å². The van der Waals surface area contributed by atoms with Crippen molar-refractivity contribution in [1.29, 1.82) is 0 Å². The Morgan fingerprint density at radius 1 is 1.00 bits per heavy atom. The summed E-state index contributed by atoms with van der Waals surface area (Å²) in [4.78, 5) is 11.9.